The molecular formula is C26H32F3NO4. The zero-order valence-corrected chi connectivity index (χ0v) is 19.3. The van der Waals surface area contributed by atoms with Gasteiger partial charge in [-0.1, -0.05) is 42.5 Å². The number of hydrogen-bond acceptors (Lipinski definition) is 4. The fourth-order valence-electron chi connectivity index (χ4n) is 4.58. The van der Waals surface area contributed by atoms with Gasteiger partial charge in [0.15, 0.2) is 0 Å². The number of aryl methyl sites for hydroxylation is 1. The normalized spacial score (nSPS) is 18.7. The Bertz CT molecular complexity index is 950. The van der Waals surface area contributed by atoms with E-state index in [9.17, 15) is 23.1 Å². The van der Waals surface area contributed by atoms with Gasteiger partial charge in [0.05, 0.1) is 24.4 Å². The molecule has 0 saturated carbocycles. The fraction of sp³-hybridized carbons (Fsp3) is 0.500. The van der Waals surface area contributed by atoms with Crippen LogP contribution in [0, 0.1) is 0 Å². The summed E-state index contributed by atoms with van der Waals surface area (Å²) in [5.41, 5.74) is 1.82. The molecule has 0 amide bonds. The minimum Gasteiger partial charge on any atom is -0.481 e. The highest BCUT2D eigenvalue weighted by Gasteiger charge is 2.31. The summed E-state index contributed by atoms with van der Waals surface area (Å²) in [6.07, 6.45) is -2.65. The number of aliphatic hydroxyl groups excluding tert-OH is 1. The van der Waals surface area contributed by atoms with Crippen LogP contribution in [0.1, 0.15) is 54.5 Å². The first-order valence-corrected chi connectivity index (χ1v) is 11.6. The molecule has 1 fully saturated rings. The molecule has 3 atom stereocenters. The van der Waals surface area contributed by atoms with Crippen molar-refractivity contribution in [3.63, 3.8) is 0 Å². The van der Waals surface area contributed by atoms with Crippen LogP contribution in [-0.4, -0.2) is 52.9 Å². The monoisotopic (exact) mass is 479 g/mol. The van der Waals surface area contributed by atoms with E-state index < -0.39 is 23.8 Å². The maximum absolute atomic E-state index is 13.0. The number of carboxylic acids is 1. The Morgan fingerprint density at radius 1 is 1.21 bits per heavy atom. The first kappa shape index (κ1) is 26.2. The molecule has 0 aliphatic carbocycles. The first-order chi connectivity index (χ1) is 16.1. The summed E-state index contributed by atoms with van der Waals surface area (Å²) in [7, 11) is 0. The predicted octanol–water partition coefficient (Wildman–Crippen LogP) is 4.87. The topological polar surface area (TPSA) is 70.0 Å². The van der Waals surface area contributed by atoms with Crippen molar-refractivity contribution in [1.82, 2.24) is 4.90 Å². The fourth-order valence-corrected chi connectivity index (χ4v) is 4.58. The lowest BCUT2D eigenvalue weighted by Crippen LogP contribution is -2.39. The maximum atomic E-state index is 13.0. The van der Waals surface area contributed by atoms with Gasteiger partial charge in [-0.3, -0.25) is 9.69 Å². The molecule has 1 unspecified atom stereocenters. The van der Waals surface area contributed by atoms with Crippen LogP contribution in [0.2, 0.25) is 0 Å². The van der Waals surface area contributed by atoms with E-state index in [1.807, 2.05) is 31.2 Å². The van der Waals surface area contributed by atoms with E-state index >= 15 is 0 Å². The Hall–Kier alpha value is -2.42. The molecule has 0 aromatic heterocycles. The van der Waals surface area contributed by atoms with Gasteiger partial charge in [-0.05, 0) is 61.9 Å². The van der Waals surface area contributed by atoms with Crippen LogP contribution in [-0.2, 0) is 28.5 Å². The molecule has 0 spiro atoms. The number of nitrogens with zero attached hydrogens (tertiary/aromatic N) is 1. The van der Waals surface area contributed by atoms with Crippen molar-refractivity contribution in [3.8, 4) is 0 Å². The van der Waals surface area contributed by atoms with Crippen LogP contribution in [0.25, 0.3) is 0 Å². The van der Waals surface area contributed by atoms with Crippen LogP contribution in [0.5, 0.6) is 0 Å². The van der Waals surface area contributed by atoms with Crippen molar-refractivity contribution < 1.29 is 32.9 Å². The number of rotatable bonds is 11. The lowest BCUT2D eigenvalue weighted by molar-refractivity contribution is -0.138. The summed E-state index contributed by atoms with van der Waals surface area (Å²) in [6, 6.07) is 13.0. The standard InChI is InChI=1S/C26H32F3NO4/c1-18(24-10-3-2-7-20(24)11-12-25(32)33)34-17-23(31)16-30-13-5-9-22(30)15-19-6-4-8-21(14-19)26(27,28)29/h2-4,6-8,10,14,18,22-23,31H,5,9,11-13,15-17H2,1H3,(H,32,33)/t18-,22?,23-/m1/s1. The molecule has 34 heavy (non-hydrogen) atoms. The zero-order valence-electron chi connectivity index (χ0n) is 19.3. The molecule has 1 saturated heterocycles. The Morgan fingerprint density at radius 3 is 2.71 bits per heavy atom. The Labute approximate surface area is 198 Å². The molecule has 1 aliphatic heterocycles. The average Bonchev–Trinajstić information content (AvgIpc) is 3.22. The summed E-state index contributed by atoms with van der Waals surface area (Å²) >= 11 is 0. The highest BCUT2D eigenvalue weighted by Crippen LogP contribution is 2.31. The van der Waals surface area contributed by atoms with Crippen LogP contribution in [0.15, 0.2) is 48.5 Å². The second-order valence-electron chi connectivity index (χ2n) is 8.92. The molecule has 3 rings (SSSR count). The number of β-amino-alcohol motifs (C(OH)–C–C–N with tert-alkyl or cyclic N) is 1. The minimum absolute atomic E-state index is 0.0363. The third-order valence-corrected chi connectivity index (χ3v) is 6.31. The number of aliphatic carboxylic acids is 1. The number of carbonyl (C=O) groups is 1. The largest absolute Gasteiger partial charge is 0.481 e. The number of benzene rings is 2. The third-order valence-electron chi connectivity index (χ3n) is 6.31. The van der Waals surface area contributed by atoms with E-state index in [0.717, 1.165) is 36.6 Å². The van der Waals surface area contributed by atoms with Gasteiger partial charge in [-0.15, -0.1) is 0 Å². The van der Waals surface area contributed by atoms with Crippen LogP contribution < -0.4 is 0 Å². The molecule has 0 radical (unpaired) electrons. The smallest absolute Gasteiger partial charge is 0.416 e. The Kier molecular flexibility index (Phi) is 9.10. The van der Waals surface area contributed by atoms with Crippen molar-refractivity contribution in [2.75, 3.05) is 19.7 Å². The molecule has 8 heteroatoms. The van der Waals surface area contributed by atoms with E-state index in [2.05, 4.69) is 4.90 Å². The highest BCUT2D eigenvalue weighted by molar-refractivity contribution is 5.67. The second-order valence-corrected chi connectivity index (χ2v) is 8.92. The van der Waals surface area contributed by atoms with E-state index in [-0.39, 0.29) is 25.2 Å². The van der Waals surface area contributed by atoms with Gasteiger partial charge >= 0.3 is 12.1 Å². The third kappa shape index (κ3) is 7.55. The summed E-state index contributed by atoms with van der Waals surface area (Å²) in [5.74, 6) is -0.857. The van der Waals surface area contributed by atoms with Crippen LogP contribution in [0.3, 0.4) is 0 Å². The first-order valence-electron chi connectivity index (χ1n) is 11.6. The number of aliphatic hydroxyl groups is 1. The van der Waals surface area contributed by atoms with Crippen molar-refractivity contribution in [2.24, 2.45) is 0 Å². The van der Waals surface area contributed by atoms with Gasteiger partial charge in [-0.25, -0.2) is 0 Å². The van der Waals surface area contributed by atoms with Gasteiger partial charge in [0.2, 0.25) is 0 Å². The number of ether oxygens (including phenoxy) is 1. The summed E-state index contributed by atoms with van der Waals surface area (Å²) in [5, 5.41) is 19.6. The van der Waals surface area contributed by atoms with Crippen molar-refractivity contribution in [3.05, 3.63) is 70.8 Å². The Balaban J connectivity index is 1.53. The maximum Gasteiger partial charge on any atom is 0.416 e. The summed E-state index contributed by atoms with van der Waals surface area (Å²) in [6.45, 7) is 3.16. The van der Waals surface area contributed by atoms with Crippen molar-refractivity contribution in [2.45, 2.75) is 63.5 Å². The number of likely N-dealkylation sites (tertiary alicyclic amines) is 1. The van der Waals surface area contributed by atoms with E-state index in [1.165, 1.54) is 12.1 Å². The molecule has 186 valence electrons. The Morgan fingerprint density at radius 2 is 1.97 bits per heavy atom. The lowest BCUT2D eigenvalue weighted by Gasteiger charge is -2.28. The van der Waals surface area contributed by atoms with E-state index in [0.29, 0.717) is 24.9 Å². The summed E-state index contributed by atoms with van der Waals surface area (Å²) in [4.78, 5) is 13.0. The zero-order chi connectivity index (χ0) is 24.7. The molecular weight excluding hydrogens is 447 g/mol. The highest BCUT2D eigenvalue weighted by atomic mass is 19.4. The quantitative estimate of drug-likeness (QED) is 0.481. The van der Waals surface area contributed by atoms with E-state index in [4.69, 9.17) is 9.84 Å². The predicted molar refractivity (Wildman–Crippen MR) is 123 cm³/mol. The molecule has 2 aromatic carbocycles. The molecule has 1 heterocycles. The number of alkyl halides is 3. The van der Waals surface area contributed by atoms with Crippen molar-refractivity contribution in [1.29, 1.82) is 0 Å². The van der Waals surface area contributed by atoms with Gasteiger partial charge in [-0.2, -0.15) is 13.2 Å². The molecule has 0 bridgehead atoms. The van der Waals surface area contributed by atoms with Gasteiger partial charge in [0.1, 0.15) is 0 Å². The number of carboxylic acid groups (broad SMARTS) is 1. The number of hydrogen-bond donors (Lipinski definition) is 2. The van der Waals surface area contributed by atoms with Crippen LogP contribution >= 0.6 is 0 Å². The molecule has 5 nitrogen and oxygen atoms in total. The van der Waals surface area contributed by atoms with Gasteiger partial charge in [0.25, 0.3) is 0 Å². The molecule has 2 aromatic rings. The SMILES string of the molecule is C[C@@H](OC[C@H](O)CN1CCCC1Cc1cccc(C(F)(F)F)c1)c1ccccc1CCC(=O)O. The lowest BCUT2D eigenvalue weighted by atomic mass is 9.99. The minimum atomic E-state index is -4.36. The van der Waals surface area contributed by atoms with E-state index in [1.54, 1.807) is 6.07 Å². The second kappa shape index (κ2) is 11.8. The van der Waals surface area contributed by atoms with Crippen molar-refractivity contribution >= 4 is 5.97 Å². The van der Waals surface area contributed by atoms with Gasteiger partial charge < -0.3 is 14.9 Å². The molecule has 1 aliphatic rings. The summed E-state index contributed by atoms with van der Waals surface area (Å²) < 4.78 is 45.0. The molecule has 2 N–H and O–H groups in total. The number of halogens is 3. The van der Waals surface area contributed by atoms with Crippen LogP contribution in [0.4, 0.5) is 13.2 Å². The average molecular weight is 480 g/mol. The van der Waals surface area contributed by atoms with Gasteiger partial charge in [0, 0.05) is 19.0 Å².